The number of benzene rings is 2. The maximum absolute atomic E-state index is 12.0. The number of hydrogen-bond acceptors (Lipinski definition) is 5. The van der Waals surface area contributed by atoms with E-state index in [0.29, 0.717) is 17.1 Å². The third-order valence-corrected chi connectivity index (χ3v) is 3.66. The quantitative estimate of drug-likeness (QED) is 0.636. The lowest BCUT2D eigenvalue weighted by atomic mass is 10.2. The maximum Gasteiger partial charge on any atom is 0.284 e. The smallest absolute Gasteiger partial charge is 0.284 e. The maximum atomic E-state index is 12.0. The fraction of sp³-hybridized carbons (Fsp3) is 0.125. The molecule has 0 aliphatic carbocycles. The summed E-state index contributed by atoms with van der Waals surface area (Å²) in [4.78, 5) is 12.0. The van der Waals surface area contributed by atoms with Crippen molar-refractivity contribution in [1.82, 2.24) is 5.43 Å². The van der Waals surface area contributed by atoms with Crippen molar-refractivity contribution in [2.75, 3.05) is 6.61 Å². The fourth-order valence-electron chi connectivity index (χ4n) is 2.01. The number of halogens is 1. The molecule has 1 atom stereocenters. The molecule has 2 aromatic carbocycles. The highest BCUT2D eigenvalue weighted by Crippen LogP contribution is 2.30. The predicted molar refractivity (Wildman–Crippen MR) is 87.9 cm³/mol. The largest absolute Gasteiger partial charge is 0.507 e. The number of nitrogens with zero attached hydrogens (tertiary/aromatic N) is 1. The Morgan fingerprint density at radius 3 is 2.91 bits per heavy atom. The second-order valence-corrected chi connectivity index (χ2v) is 5.72. The van der Waals surface area contributed by atoms with Gasteiger partial charge in [-0.3, -0.25) is 4.79 Å². The minimum Gasteiger partial charge on any atom is -0.507 e. The van der Waals surface area contributed by atoms with Crippen LogP contribution < -0.4 is 14.9 Å². The number of nitrogens with one attached hydrogen (secondary N) is 1. The number of phenolic OH excluding ortho intramolecular Hbond substituents is 1. The van der Waals surface area contributed by atoms with Crippen LogP contribution in [0.5, 0.6) is 17.2 Å². The number of aromatic hydroxyl groups is 1. The topological polar surface area (TPSA) is 80.2 Å². The number of phenols is 1. The van der Waals surface area contributed by atoms with E-state index in [4.69, 9.17) is 9.47 Å². The highest BCUT2D eigenvalue weighted by atomic mass is 79.9. The van der Waals surface area contributed by atoms with E-state index in [2.05, 4.69) is 26.5 Å². The lowest BCUT2D eigenvalue weighted by Crippen LogP contribution is -2.42. The van der Waals surface area contributed by atoms with Gasteiger partial charge in [0.2, 0.25) is 6.10 Å². The minimum absolute atomic E-state index is 0.0670. The molecule has 2 N–H and O–H groups in total. The molecule has 7 heteroatoms. The second kappa shape index (κ2) is 6.70. The molecule has 0 fully saturated rings. The van der Waals surface area contributed by atoms with Gasteiger partial charge in [-0.2, -0.15) is 5.10 Å². The molecule has 1 aliphatic rings. The Hall–Kier alpha value is -2.54. The van der Waals surface area contributed by atoms with Crippen LogP contribution in [0, 0.1) is 0 Å². The van der Waals surface area contributed by atoms with Gasteiger partial charge in [0.25, 0.3) is 5.91 Å². The van der Waals surface area contributed by atoms with Crippen molar-refractivity contribution < 1.29 is 19.4 Å². The van der Waals surface area contributed by atoms with E-state index in [-0.39, 0.29) is 12.4 Å². The van der Waals surface area contributed by atoms with Gasteiger partial charge in [-0.25, -0.2) is 5.43 Å². The van der Waals surface area contributed by atoms with Gasteiger partial charge in [0.05, 0.1) is 6.21 Å². The van der Waals surface area contributed by atoms with Crippen molar-refractivity contribution in [3.63, 3.8) is 0 Å². The third-order valence-electron chi connectivity index (χ3n) is 3.17. The van der Waals surface area contributed by atoms with Crippen LogP contribution in [0.3, 0.4) is 0 Å². The lowest BCUT2D eigenvalue weighted by molar-refractivity contribution is -0.130. The van der Waals surface area contributed by atoms with Crippen molar-refractivity contribution in [1.29, 1.82) is 0 Å². The minimum atomic E-state index is -0.779. The molecule has 0 unspecified atom stereocenters. The number of carbonyl (C=O) groups is 1. The molecule has 1 amide bonds. The van der Waals surface area contributed by atoms with Gasteiger partial charge < -0.3 is 14.6 Å². The average molecular weight is 377 g/mol. The molecule has 0 saturated heterocycles. The van der Waals surface area contributed by atoms with E-state index in [1.165, 1.54) is 12.3 Å². The van der Waals surface area contributed by atoms with Crippen LogP contribution in [0.25, 0.3) is 0 Å². The number of ether oxygens (including phenoxy) is 2. The van der Waals surface area contributed by atoms with E-state index >= 15 is 0 Å². The molecule has 1 aliphatic heterocycles. The van der Waals surface area contributed by atoms with Crippen molar-refractivity contribution >= 4 is 28.1 Å². The van der Waals surface area contributed by atoms with Gasteiger partial charge in [-0.15, -0.1) is 0 Å². The number of carbonyl (C=O) groups excluding carboxylic acids is 1. The second-order valence-electron chi connectivity index (χ2n) is 4.80. The molecular weight excluding hydrogens is 364 g/mol. The first-order chi connectivity index (χ1) is 11.1. The number of amides is 1. The summed E-state index contributed by atoms with van der Waals surface area (Å²) in [5.74, 6) is 0.772. The summed E-state index contributed by atoms with van der Waals surface area (Å²) in [5, 5.41) is 13.5. The molecule has 6 nitrogen and oxygen atoms in total. The van der Waals surface area contributed by atoms with Gasteiger partial charge in [0.15, 0.2) is 11.5 Å². The fourth-order valence-corrected chi connectivity index (χ4v) is 2.39. The van der Waals surface area contributed by atoms with Crippen LogP contribution >= 0.6 is 15.9 Å². The molecule has 1 heterocycles. The number of para-hydroxylation sites is 2. The average Bonchev–Trinajstić information content (AvgIpc) is 2.57. The summed E-state index contributed by atoms with van der Waals surface area (Å²) in [6, 6.07) is 12.1. The highest BCUT2D eigenvalue weighted by molar-refractivity contribution is 9.10. The van der Waals surface area contributed by atoms with Gasteiger partial charge >= 0.3 is 0 Å². The first-order valence-electron chi connectivity index (χ1n) is 6.83. The highest BCUT2D eigenvalue weighted by Gasteiger charge is 2.26. The van der Waals surface area contributed by atoms with Crippen molar-refractivity contribution in [3.8, 4) is 17.2 Å². The third kappa shape index (κ3) is 3.62. The number of fused-ring (bicyclic) bond motifs is 1. The van der Waals surface area contributed by atoms with Crippen LogP contribution in [0.15, 0.2) is 52.0 Å². The van der Waals surface area contributed by atoms with Crippen LogP contribution in [0.1, 0.15) is 5.56 Å². The number of hydrazone groups is 1. The van der Waals surface area contributed by atoms with Gasteiger partial charge in [0.1, 0.15) is 12.4 Å². The monoisotopic (exact) mass is 376 g/mol. The standard InChI is InChI=1S/C16H13BrN2O4/c17-11-5-6-12(20)10(7-11)8-18-19-16(21)15-9-22-13-3-1-2-4-14(13)23-15/h1-8,15,20H,9H2,(H,19,21)/b18-8-/t15-/m0/s1. The molecule has 3 rings (SSSR count). The summed E-state index contributed by atoms with van der Waals surface area (Å²) in [6.45, 7) is 0.112. The summed E-state index contributed by atoms with van der Waals surface area (Å²) >= 11 is 3.30. The van der Waals surface area contributed by atoms with Crippen molar-refractivity contribution in [2.24, 2.45) is 5.10 Å². The van der Waals surface area contributed by atoms with E-state index in [1.54, 1.807) is 30.3 Å². The summed E-state index contributed by atoms with van der Waals surface area (Å²) in [6.07, 6.45) is 0.577. The summed E-state index contributed by atoms with van der Waals surface area (Å²) in [5.41, 5.74) is 2.86. The van der Waals surface area contributed by atoms with Crippen molar-refractivity contribution in [3.05, 3.63) is 52.5 Å². The van der Waals surface area contributed by atoms with Crippen LogP contribution in [0.2, 0.25) is 0 Å². The summed E-state index contributed by atoms with van der Waals surface area (Å²) in [7, 11) is 0. The molecule has 23 heavy (non-hydrogen) atoms. The molecule has 0 saturated carbocycles. The first-order valence-corrected chi connectivity index (χ1v) is 7.63. The van der Waals surface area contributed by atoms with Crippen LogP contribution in [-0.2, 0) is 4.79 Å². The molecule has 0 bridgehead atoms. The van der Waals surface area contributed by atoms with Crippen molar-refractivity contribution in [2.45, 2.75) is 6.10 Å². The van der Waals surface area contributed by atoms with E-state index in [9.17, 15) is 9.90 Å². The molecule has 118 valence electrons. The molecular formula is C16H13BrN2O4. The van der Waals surface area contributed by atoms with E-state index in [1.807, 2.05) is 6.07 Å². The Morgan fingerprint density at radius 2 is 2.09 bits per heavy atom. The zero-order valence-corrected chi connectivity index (χ0v) is 13.5. The van der Waals surface area contributed by atoms with E-state index in [0.717, 1.165) is 4.47 Å². The lowest BCUT2D eigenvalue weighted by Gasteiger charge is -2.24. The van der Waals surface area contributed by atoms with E-state index < -0.39 is 12.0 Å². The number of rotatable bonds is 3. The van der Waals surface area contributed by atoms with Crippen LogP contribution in [-0.4, -0.2) is 29.9 Å². The molecule has 0 spiro atoms. The zero-order chi connectivity index (χ0) is 16.2. The Kier molecular flexibility index (Phi) is 4.47. The Bertz CT molecular complexity index is 763. The van der Waals surface area contributed by atoms with Gasteiger partial charge in [0, 0.05) is 10.0 Å². The first kappa shape index (κ1) is 15.4. The molecule has 2 aromatic rings. The Labute approximate surface area is 140 Å². The zero-order valence-electron chi connectivity index (χ0n) is 11.9. The summed E-state index contributed by atoms with van der Waals surface area (Å²) < 4.78 is 11.8. The van der Waals surface area contributed by atoms with Gasteiger partial charge in [-0.05, 0) is 30.3 Å². The normalized spacial score (nSPS) is 16.3. The van der Waals surface area contributed by atoms with Gasteiger partial charge in [-0.1, -0.05) is 28.1 Å². The molecule has 0 radical (unpaired) electrons. The molecule has 0 aromatic heterocycles. The van der Waals surface area contributed by atoms with Crippen LogP contribution in [0.4, 0.5) is 0 Å². The Balaban J connectivity index is 1.62. The Morgan fingerprint density at radius 1 is 1.30 bits per heavy atom. The predicted octanol–water partition coefficient (Wildman–Crippen LogP) is 2.44. The SMILES string of the molecule is O=C(N/N=C\c1cc(Br)ccc1O)[C@@H]1COc2ccccc2O1. The number of hydrogen-bond donors (Lipinski definition) is 2.